The Hall–Kier alpha value is -1.05. The number of sulfonamides is 1. The van der Waals surface area contributed by atoms with E-state index in [4.69, 9.17) is 5.73 Å². The Bertz CT molecular complexity index is 536. The maximum Gasteiger partial charge on any atom is 0.263 e. The average Bonchev–Trinajstić information content (AvgIpc) is 2.85. The Morgan fingerprint density at radius 2 is 2.32 bits per heavy atom. The SMILES string of the molecule is NCCCC1CCCN1S(=O)(=O)c1ncccc1F. The summed E-state index contributed by atoms with van der Waals surface area (Å²) in [6, 6.07) is 2.41. The fraction of sp³-hybridized carbons (Fsp3) is 0.583. The summed E-state index contributed by atoms with van der Waals surface area (Å²) in [5.41, 5.74) is 5.46. The van der Waals surface area contributed by atoms with Crippen LogP contribution in [0.2, 0.25) is 0 Å². The van der Waals surface area contributed by atoms with E-state index >= 15 is 0 Å². The van der Waals surface area contributed by atoms with Crippen LogP contribution in [0.15, 0.2) is 23.4 Å². The molecule has 1 unspecified atom stereocenters. The summed E-state index contributed by atoms with van der Waals surface area (Å²) in [4.78, 5) is 3.68. The number of hydrogen-bond donors (Lipinski definition) is 1. The third-order valence-electron chi connectivity index (χ3n) is 3.34. The highest BCUT2D eigenvalue weighted by molar-refractivity contribution is 7.89. The molecule has 1 fully saturated rings. The molecule has 0 bridgehead atoms. The van der Waals surface area contributed by atoms with Gasteiger partial charge in [-0.2, -0.15) is 4.31 Å². The lowest BCUT2D eigenvalue weighted by Gasteiger charge is -2.23. The minimum atomic E-state index is -3.84. The molecule has 0 saturated carbocycles. The zero-order chi connectivity index (χ0) is 13.9. The quantitative estimate of drug-likeness (QED) is 0.880. The van der Waals surface area contributed by atoms with Crippen molar-refractivity contribution in [2.45, 2.75) is 36.8 Å². The zero-order valence-corrected chi connectivity index (χ0v) is 11.4. The van der Waals surface area contributed by atoms with Crippen LogP contribution < -0.4 is 5.73 Å². The van der Waals surface area contributed by atoms with Crippen LogP contribution in [-0.2, 0) is 10.0 Å². The summed E-state index contributed by atoms with van der Waals surface area (Å²) in [5.74, 6) is -0.799. The lowest BCUT2D eigenvalue weighted by Crippen LogP contribution is -2.36. The largest absolute Gasteiger partial charge is 0.330 e. The molecular weight excluding hydrogens is 269 g/mol. The average molecular weight is 287 g/mol. The van der Waals surface area contributed by atoms with E-state index in [1.165, 1.54) is 16.6 Å². The van der Waals surface area contributed by atoms with E-state index in [1.807, 2.05) is 0 Å². The van der Waals surface area contributed by atoms with Crippen LogP contribution in [0.3, 0.4) is 0 Å². The number of rotatable bonds is 5. The molecule has 1 saturated heterocycles. The van der Waals surface area contributed by atoms with Crippen LogP contribution in [-0.4, -0.2) is 36.8 Å². The standard InChI is InChI=1S/C12H18FN3O2S/c13-11-6-2-8-15-12(11)19(17,18)16-9-3-5-10(16)4-1-7-14/h2,6,8,10H,1,3-5,7,9,14H2. The minimum absolute atomic E-state index is 0.0880. The summed E-state index contributed by atoms with van der Waals surface area (Å²) in [6.45, 7) is 0.954. The lowest BCUT2D eigenvalue weighted by molar-refractivity contribution is 0.361. The molecule has 19 heavy (non-hydrogen) atoms. The molecule has 2 heterocycles. The second-order valence-corrected chi connectivity index (χ2v) is 6.44. The van der Waals surface area contributed by atoms with Gasteiger partial charge in [-0.05, 0) is 44.4 Å². The molecule has 0 aromatic carbocycles. The molecule has 0 radical (unpaired) electrons. The fourth-order valence-corrected chi connectivity index (χ4v) is 4.14. The van der Waals surface area contributed by atoms with Crippen molar-refractivity contribution >= 4 is 10.0 Å². The van der Waals surface area contributed by atoms with Crippen molar-refractivity contribution in [3.8, 4) is 0 Å². The van der Waals surface area contributed by atoms with Gasteiger partial charge in [-0.1, -0.05) is 0 Å². The first kappa shape index (κ1) is 14.4. The summed E-state index contributed by atoms with van der Waals surface area (Å²) in [5, 5.41) is -0.477. The van der Waals surface area contributed by atoms with E-state index in [0.29, 0.717) is 19.5 Å². The Morgan fingerprint density at radius 3 is 3.00 bits per heavy atom. The summed E-state index contributed by atoms with van der Waals surface area (Å²) in [7, 11) is -3.84. The molecule has 106 valence electrons. The third kappa shape index (κ3) is 2.93. The van der Waals surface area contributed by atoms with Crippen LogP contribution in [0, 0.1) is 5.82 Å². The monoisotopic (exact) mass is 287 g/mol. The van der Waals surface area contributed by atoms with Crippen LogP contribution in [0.25, 0.3) is 0 Å². The lowest BCUT2D eigenvalue weighted by atomic mass is 10.1. The van der Waals surface area contributed by atoms with Crippen LogP contribution in [0.1, 0.15) is 25.7 Å². The zero-order valence-electron chi connectivity index (χ0n) is 10.6. The van der Waals surface area contributed by atoms with Gasteiger partial charge in [0.1, 0.15) is 0 Å². The van der Waals surface area contributed by atoms with E-state index in [1.54, 1.807) is 0 Å². The first-order valence-electron chi connectivity index (χ1n) is 6.40. The number of hydrogen-bond acceptors (Lipinski definition) is 4. The number of halogens is 1. The van der Waals surface area contributed by atoms with Crippen molar-refractivity contribution in [2.24, 2.45) is 5.73 Å². The predicted molar refractivity (Wildman–Crippen MR) is 69.4 cm³/mol. The maximum absolute atomic E-state index is 13.6. The van der Waals surface area contributed by atoms with Gasteiger partial charge in [0.25, 0.3) is 10.0 Å². The van der Waals surface area contributed by atoms with Gasteiger partial charge in [-0.15, -0.1) is 0 Å². The highest BCUT2D eigenvalue weighted by atomic mass is 32.2. The molecule has 1 aliphatic heterocycles. The molecule has 0 aliphatic carbocycles. The van der Waals surface area contributed by atoms with Crippen LogP contribution >= 0.6 is 0 Å². The van der Waals surface area contributed by atoms with Gasteiger partial charge >= 0.3 is 0 Å². The molecule has 0 spiro atoms. The maximum atomic E-state index is 13.6. The van der Waals surface area contributed by atoms with Crippen molar-refractivity contribution in [3.63, 3.8) is 0 Å². The minimum Gasteiger partial charge on any atom is -0.330 e. The van der Waals surface area contributed by atoms with Gasteiger partial charge in [0.15, 0.2) is 5.82 Å². The van der Waals surface area contributed by atoms with Gasteiger partial charge in [0.2, 0.25) is 5.03 Å². The van der Waals surface area contributed by atoms with Crippen molar-refractivity contribution in [1.29, 1.82) is 0 Å². The number of aromatic nitrogens is 1. The molecule has 1 aliphatic rings. The Morgan fingerprint density at radius 1 is 1.53 bits per heavy atom. The molecule has 2 rings (SSSR count). The van der Waals surface area contributed by atoms with Crippen LogP contribution in [0.5, 0.6) is 0 Å². The first-order chi connectivity index (χ1) is 9.07. The normalized spacial score (nSPS) is 20.8. The van der Waals surface area contributed by atoms with E-state index in [9.17, 15) is 12.8 Å². The Labute approximate surface area is 112 Å². The highest BCUT2D eigenvalue weighted by Gasteiger charge is 2.37. The topological polar surface area (TPSA) is 76.3 Å². The third-order valence-corrected chi connectivity index (χ3v) is 5.23. The smallest absolute Gasteiger partial charge is 0.263 e. The molecule has 1 aromatic rings. The number of pyridine rings is 1. The summed E-state index contributed by atoms with van der Waals surface area (Å²) >= 11 is 0. The molecule has 0 amide bonds. The Kier molecular flexibility index (Phi) is 4.49. The first-order valence-corrected chi connectivity index (χ1v) is 7.84. The molecule has 2 N–H and O–H groups in total. The van der Waals surface area contributed by atoms with E-state index < -0.39 is 20.9 Å². The molecule has 1 atom stereocenters. The number of nitrogens with two attached hydrogens (primary N) is 1. The van der Waals surface area contributed by atoms with E-state index in [0.717, 1.165) is 25.3 Å². The van der Waals surface area contributed by atoms with Gasteiger partial charge in [0, 0.05) is 18.8 Å². The molecule has 5 nitrogen and oxygen atoms in total. The summed E-state index contributed by atoms with van der Waals surface area (Å²) in [6.07, 6.45) is 4.36. The second-order valence-electron chi connectivity index (χ2n) is 4.63. The van der Waals surface area contributed by atoms with E-state index in [-0.39, 0.29) is 6.04 Å². The predicted octanol–water partition coefficient (Wildman–Crippen LogP) is 1.11. The van der Waals surface area contributed by atoms with Crippen molar-refractivity contribution < 1.29 is 12.8 Å². The Balaban J connectivity index is 2.26. The number of nitrogens with zero attached hydrogens (tertiary/aromatic N) is 2. The van der Waals surface area contributed by atoms with Crippen molar-refractivity contribution in [1.82, 2.24) is 9.29 Å². The fourth-order valence-electron chi connectivity index (χ4n) is 2.44. The van der Waals surface area contributed by atoms with Gasteiger partial charge in [-0.25, -0.2) is 17.8 Å². The van der Waals surface area contributed by atoms with Gasteiger partial charge in [0.05, 0.1) is 0 Å². The molecule has 1 aromatic heterocycles. The van der Waals surface area contributed by atoms with Gasteiger partial charge < -0.3 is 5.73 Å². The highest BCUT2D eigenvalue weighted by Crippen LogP contribution is 2.28. The van der Waals surface area contributed by atoms with Gasteiger partial charge in [-0.3, -0.25) is 0 Å². The van der Waals surface area contributed by atoms with Crippen LogP contribution in [0.4, 0.5) is 4.39 Å². The summed E-state index contributed by atoms with van der Waals surface area (Å²) < 4.78 is 39.8. The van der Waals surface area contributed by atoms with Crippen molar-refractivity contribution in [3.05, 3.63) is 24.1 Å². The van der Waals surface area contributed by atoms with E-state index in [2.05, 4.69) is 4.98 Å². The second kappa shape index (κ2) is 5.94. The molecule has 7 heteroatoms. The van der Waals surface area contributed by atoms with Crippen molar-refractivity contribution in [2.75, 3.05) is 13.1 Å². The molecular formula is C12H18FN3O2S.